The maximum Gasteiger partial charge on any atom is 0.120 e. The molecule has 0 radical (unpaired) electrons. The molecule has 1 aromatic rings. The van der Waals surface area contributed by atoms with Crippen molar-refractivity contribution in [2.45, 2.75) is 84.1 Å². The molecule has 1 aromatic heterocycles. The zero-order valence-electron chi connectivity index (χ0n) is 13.1. The van der Waals surface area contributed by atoms with Crippen LogP contribution in [0.1, 0.15) is 63.0 Å². The van der Waals surface area contributed by atoms with E-state index in [1.54, 1.807) is 0 Å². The first-order valence-electron chi connectivity index (χ1n) is 8.24. The van der Waals surface area contributed by atoms with Gasteiger partial charge in [-0.2, -0.15) is 0 Å². The van der Waals surface area contributed by atoms with E-state index in [1.807, 2.05) is 0 Å². The fourth-order valence-corrected chi connectivity index (χ4v) is 3.40. The molecule has 112 valence electrons. The molecule has 0 spiro atoms. The number of furan rings is 1. The summed E-state index contributed by atoms with van der Waals surface area (Å²) < 4.78 is 6.09. The second kappa shape index (κ2) is 5.90. The van der Waals surface area contributed by atoms with Crippen molar-refractivity contribution in [2.24, 2.45) is 0 Å². The highest BCUT2D eigenvalue weighted by Crippen LogP contribution is 2.29. The first-order valence-corrected chi connectivity index (χ1v) is 8.24. The molecule has 2 unspecified atom stereocenters. The molecule has 2 atom stereocenters. The van der Waals surface area contributed by atoms with Gasteiger partial charge in [-0.1, -0.05) is 6.92 Å². The molecule has 0 amide bonds. The molecule has 0 aromatic carbocycles. The molecular formula is C17H28N2O. The summed E-state index contributed by atoms with van der Waals surface area (Å²) >= 11 is 0. The average molecular weight is 276 g/mol. The first-order chi connectivity index (χ1) is 9.67. The highest BCUT2D eigenvalue weighted by Gasteiger charge is 2.30. The number of rotatable bonds is 6. The van der Waals surface area contributed by atoms with Crippen molar-refractivity contribution < 1.29 is 4.42 Å². The fraction of sp³-hybridized carbons (Fsp3) is 0.765. The molecule has 3 nitrogen and oxygen atoms in total. The van der Waals surface area contributed by atoms with Crippen LogP contribution in [0.15, 0.2) is 10.5 Å². The van der Waals surface area contributed by atoms with Crippen LogP contribution in [0.3, 0.4) is 0 Å². The van der Waals surface area contributed by atoms with E-state index in [0.717, 1.165) is 36.7 Å². The number of nitrogens with one attached hydrogen (secondary N) is 1. The van der Waals surface area contributed by atoms with E-state index in [2.05, 4.69) is 37.1 Å². The smallest absolute Gasteiger partial charge is 0.120 e. The van der Waals surface area contributed by atoms with Crippen molar-refractivity contribution in [3.05, 3.63) is 23.2 Å². The van der Waals surface area contributed by atoms with E-state index < -0.39 is 0 Å². The van der Waals surface area contributed by atoms with Gasteiger partial charge in [-0.05, 0) is 57.6 Å². The van der Waals surface area contributed by atoms with Crippen molar-refractivity contribution in [1.82, 2.24) is 10.2 Å². The van der Waals surface area contributed by atoms with Crippen LogP contribution in [0.2, 0.25) is 0 Å². The zero-order chi connectivity index (χ0) is 14.1. The molecule has 20 heavy (non-hydrogen) atoms. The van der Waals surface area contributed by atoms with Crippen LogP contribution in [-0.2, 0) is 13.1 Å². The lowest BCUT2D eigenvalue weighted by Crippen LogP contribution is -2.33. The minimum atomic E-state index is 0.693. The van der Waals surface area contributed by atoms with Crippen LogP contribution < -0.4 is 5.32 Å². The molecule has 0 bridgehead atoms. The molecular weight excluding hydrogens is 248 g/mol. The van der Waals surface area contributed by atoms with Gasteiger partial charge in [0.2, 0.25) is 0 Å². The molecule has 1 saturated carbocycles. The van der Waals surface area contributed by atoms with Gasteiger partial charge in [-0.15, -0.1) is 0 Å². The van der Waals surface area contributed by atoms with E-state index in [0.29, 0.717) is 6.04 Å². The average Bonchev–Trinajstić information content (AvgIpc) is 3.11. The second-order valence-electron chi connectivity index (χ2n) is 6.63. The monoisotopic (exact) mass is 276 g/mol. The third-order valence-electron chi connectivity index (χ3n) is 4.96. The highest BCUT2D eigenvalue weighted by atomic mass is 16.3. The van der Waals surface area contributed by atoms with Gasteiger partial charge >= 0.3 is 0 Å². The SMILES string of the molecule is CCC1CCC(C)N1Cc1cc(C)c(CNC2CC2)o1. The summed E-state index contributed by atoms with van der Waals surface area (Å²) in [5, 5.41) is 3.54. The van der Waals surface area contributed by atoms with Crippen molar-refractivity contribution in [3.63, 3.8) is 0 Å². The van der Waals surface area contributed by atoms with Crippen molar-refractivity contribution >= 4 is 0 Å². The summed E-state index contributed by atoms with van der Waals surface area (Å²) in [6.45, 7) is 8.68. The summed E-state index contributed by atoms with van der Waals surface area (Å²) in [4.78, 5) is 2.62. The largest absolute Gasteiger partial charge is 0.463 e. The summed E-state index contributed by atoms with van der Waals surface area (Å²) in [5.74, 6) is 2.27. The van der Waals surface area contributed by atoms with Crippen LogP contribution in [-0.4, -0.2) is 23.0 Å². The number of hydrogen-bond acceptors (Lipinski definition) is 3. The van der Waals surface area contributed by atoms with E-state index in [4.69, 9.17) is 4.42 Å². The predicted octanol–water partition coefficient (Wildman–Crippen LogP) is 3.60. The Morgan fingerprint density at radius 1 is 1.30 bits per heavy atom. The Balaban J connectivity index is 1.62. The van der Waals surface area contributed by atoms with Gasteiger partial charge in [-0.25, -0.2) is 0 Å². The van der Waals surface area contributed by atoms with Gasteiger partial charge in [0.25, 0.3) is 0 Å². The van der Waals surface area contributed by atoms with Gasteiger partial charge < -0.3 is 9.73 Å². The minimum absolute atomic E-state index is 0.693. The lowest BCUT2D eigenvalue weighted by Gasteiger charge is -2.26. The lowest BCUT2D eigenvalue weighted by atomic mass is 10.1. The normalized spacial score (nSPS) is 27.4. The lowest BCUT2D eigenvalue weighted by molar-refractivity contribution is 0.173. The molecule has 3 heteroatoms. The first kappa shape index (κ1) is 14.2. The molecule has 1 N–H and O–H groups in total. The van der Waals surface area contributed by atoms with E-state index in [9.17, 15) is 0 Å². The van der Waals surface area contributed by atoms with Gasteiger partial charge in [-0.3, -0.25) is 4.90 Å². The maximum atomic E-state index is 6.09. The van der Waals surface area contributed by atoms with Crippen molar-refractivity contribution in [2.75, 3.05) is 0 Å². The van der Waals surface area contributed by atoms with Crippen molar-refractivity contribution in [3.8, 4) is 0 Å². The number of hydrogen-bond donors (Lipinski definition) is 1. The van der Waals surface area contributed by atoms with E-state index in [-0.39, 0.29) is 0 Å². The summed E-state index contributed by atoms with van der Waals surface area (Å²) in [7, 11) is 0. The zero-order valence-corrected chi connectivity index (χ0v) is 13.1. The van der Waals surface area contributed by atoms with Crippen molar-refractivity contribution in [1.29, 1.82) is 0 Å². The molecule has 2 aliphatic rings. The molecule has 3 rings (SSSR count). The summed E-state index contributed by atoms with van der Waals surface area (Å²) in [6.07, 6.45) is 6.58. The van der Waals surface area contributed by atoms with E-state index in [1.165, 1.54) is 37.7 Å². The molecule has 2 heterocycles. The summed E-state index contributed by atoms with van der Waals surface area (Å²) in [6, 6.07) is 4.41. The summed E-state index contributed by atoms with van der Waals surface area (Å²) in [5.41, 5.74) is 1.30. The Morgan fingerprint density at radius 3 is 2.80 bits per heavy atom. The second-order valence-corrected chi connectivity index (χ2v) is 6.63. The third-order valence-corrected chi connectivity index (χ3v) is 4.96. The highest BCUT2D eigenvalue weighted by molar-refractivity contribution is 5.20. The quantitative estimate of drug-likeness (QED) is 0.860. The molecule has 1 saturated heterocycles. The number of aryl methyl sites for hydroxylation is 1. The Kier molecular flexibility index (Phi) is 4.18. The fourth-order valence-electron chi connectivity index (χ4n) is 3.40. The Hall–Kier alpha value is -0.800. The third kappa shape index (κ3) is 3.09. The Morgan fingerprint density at radius 2 is 2.10 bits per heavy atom. The Bertz CT molecular complexity index is 450. The van der Waals surface area contributed by atoms with E-state index >= 15 is 0 Å². The van der Waals surface area contributed by atoms with Gasteiger partial charge in [0.15, 0.2) is 0 Å². The van der Waals surface area contributed by atoms with Crippen LogP contribution in [0.5, 0.6) is 0 Å². The van der Waals surface area contributed by atoms with Gasteiger partial charge in [0.05, 0.1) is 13.1 Å². The Labute approximate surface area is 122 Å². The number of likely N-dealkylation sites (tertiary alicyclic amines) is 1. The van der Waals surface area contributed by atoms with Crippen LogP contribution in [0.25, 0.3) is 0 Å². The number of nitrogens with zero attached hydrogens (tertiary/aromatic N) is 1. The topological polar surface area (TPSA) is 28.4 Å². The van der Waals surface area contributed by atoms with Crippen LogP contribution in [0.4, 0.5) is 0 Å². The predicted molar refractivity (Wildman–Crippen MR) is 81.6 cm³/mol. The van der Waals surface area contributed by atoms with Gasteiger partial charge in [0.1, 0.15) is 11.5 Å². The molecule has 1 aliphatic heterocycles. The molecule has 2 fully saturated rings. The van der Waals surface area contributed by atoms with Crippen LogP contribution >= 0.6 is 0 Å². The van der Waals surface area contributed by atoms with Gasteiger partial charge in [0, 0.05) is 18.1 Å². The maximum absolute atomic E-state index is 6.09. The standard InChI is InChI=1S/C17H28N2O/c1-4-15-8-5-13(3)19(15)11-16-9-12(2)17(20-16)10-18-14-6-7-14/h9,13-15,18H,4-8,10-11H2,1-3H3. The van der Waals surface area contributed by atoms with Crippen LogP contribution in [0, 0.1) is 6.92 Å². The minimum Gasteiger partial charge on any atom is -0.463 e. The molecule has 1 aliphatic carbocycles.